The van der Waals surface area contributed by atoms with E-state index in [4.69, 9.17) is 0 Å². The Morgan fingerprint density at radius 3 is 2.79 bits per heavy atom. The molecule has 1 aliphatic heterocycles. The van der Waals surface area contributed by atoms with Gasteiger partial charge in [0.05, 0.1) is 23.7 Å². The van der Waals surface area contributed by atoms with Gasteiger partial charge in [-0.3, -0.25) is 5.10 Å². The molecule has 2 heterocycles. The van der Waals surface area contributed by atoms with Crippen LogP contribution >= 0.6 is 0 Å². The van der Waals surface area contributed by atoms with Crippen LogP contribution in [0.2, 0.25) is 0 Å². The number of nitrogens with zero attached hydrogens (tertiary/aromatic N) is 2. The van der Waals surface area contributed by atoms with Gasteiger partial charge in [-0.2, -0.15) is 9.40 Å². The molecule has 0 atom stereocenters. The zero-order chi connectivity index (χ0) is 10.3. The number of sulfonamides is 1. The van der Waals surface area contributed by atoms with E-state index in [1.807, 2.05) is 0 Å². The molecule has 2 rings (SSSR count). The van der Waals surface area contributed by atoms with Gasteiger partial charge >= 0.3 is 0 Å². The van der Waals surface area contributed by atoms with Crippen molar-refractivity contribution in [3.8, 4) is 0 Å². The molecular formula is C8H13N3O2S. The van der Waals surface area contributed by atoms with Gasteiger partial charge in [0.25, 0.3) is 0 Å². The van der Waals surface area contributed by atoms with Gasteiger partial charge < -0.3 is 0 Å². The fraction of sp³-hybridized carbons (Fsp3) is 0.625. The molecule has 0 radical (unpaired) electrons. The number of nitrogens with one attached hydrogen (secondary N) is 1. The molecule has 1 aromatic rings. The van der Waals surface area contributed by atoms with Crippen LogP contribution in [0, 0.1) is 0 Å². The van der Waals surface area contributed by atoms with Gasteiger partial charge in [-0.1, -0.05) is 0 Å². The number of aromatic amines is 1. The number of hydrogen-bond acceptors (Lipinski definition) is 3. The molecule has 0 aliphatic carbocycles. The maximum Gasteiger partial charge on any atom is 0.217 e. The predicted octanol–water partition coefficient (Wildman–Crippen LogP) is 0.463. The van der Waals surface area contributed by atoms with E-state index in [9.17, 15) is 8.42 Å². The van der Waals surface area contributed by atoms with Gasteiger partial charge in [-0.05, 0) is 13.8 Å². The average molecular weight is 215 g/mol. The monoisotopic (exact) mass is 215 g/mol. The highest BCUT2D eigenvalue weighted by atomic mass is 32.2. The van der Waals surface area contributed by atoms with E-state index in [-0.39, 0.29) is 5.25 Å². The second-order valence-electron chi connectivity index (χ2n) is 3.74. The van der Waals surface area contributed by atoms with Crippen LogP contribution in [0.5, 0.6) is 0 Å². The van der Waals surface area contributed by atoms with Crippen LogP contribution < -0.4 is 0 Å². The second kappa shape index (κ2) is 3.06. The van der Waals surface area contributed by atoms with E-state index in [1.54, 1.807) is 20.0 Å². The molecule has 5 nitrogen and oxygen atoms in total. The van der Waals surface area contributed by atoms with E-state index in [0.29, 0.717) is 13.1 Å². The van der Waals surface area contributed by atoms with Crippen molar-refractivity contribution >= 4 is 10.0 Å². The van der Waals surface area contributed by atoms with Gasteiger partial charge in [0.15, 0.2) is 0 Å². The van der Waals surface area contributed by atoms with Crippen LogP contribution in [0.1, 0.15) is 25.1 Å². The highest BCUT2D eigenvalue weighted by Gasteiger charge is 2.32. The summed E-state index contributed by atoms with van der Waals surface area (Å²) in [7, 11) is -3.13. The van der Waals surface area contributed by atoms with E-state index in [0.717, 1.165) is 11.3 Å². The standard InChI is InChI=1S/C8H13N3O2S/c1-6(2)14(12,13)11-4-7-3-9-10-8(7)5-11/h3,6H,4-5H2,1-2H3,(H,9,10). The van der Waals surface area contributed by atoms with E-state index in [2.05, 4.69) is 10.2 Å². The smallest absolute Gasteiger partial charge is 0.217 e. The van der Waals surface area contributed by atoms with Crippen LogP contribution in [-0.4, -0.2) is 28.2 Å². The fourth-order valence-electron chi connectivity index (χ4n) is 1.51. The lowest BCUT2D eigenvalue weighted by molar-refractivity contribution is 0.421. The number of fused-ring (bicyclic) bond motifs is 1. The molecule has 0 amide bonds. The van der Waals surface area contributed by atoms with Crippen molar-refractivity contribution in [2.24, 2.45) is 0 Å². The first-order valence-corrected chi connectivity index (χ1v) is 6.02. The number of aromatic nitrogens is 2. The van der Waals surface area contributed by atoms with Gasteiger partial charge in [0, 0.05) is 12.1 Å². The summed E-state index contributed by atoms with van der Waals surface area (Å²) in [5.74, 6) is 0. The van der Waals surface area contributed by atoms with E-state index >= 15 is 0 Å². The molecule has 0 unspecified atom stereocenters. The Morgan fingerprint density at radius 2 is 2.21 bits per heavy atom. The van der Waals surface area contributed by atoms with Gasteiger partial charge in [0.1, 0.15) is 0 Å². The Bertz CT molecular complexity index is 415. The van der Waals surface area contributed by atoms with Crippen molar-refractivity contribution in [3.63, 3.8) is 0 Å². The maximum atomic E-state index is 11.8. The van der Waals surface area contributed by atoms with Crippen molar-refractivity contribution in [2.45, 2.75) is 32.2 Å². The van der Waals surface area contributed by atoms with Crippen LogP contribution in [-0.2, 0) is 23.1 Å². The third-order valence-electron chi connectivity index (χ3n) is 2.44. The molecule has 0 aromatic carbocycles. The molecule has 6 heteroatoms. The van der Waals surface area contributed by atoms with Gasteiger partial charge in [-0.25, -0.2) is 8.42 Å². The Morgan fingerprint density at radius 1 is 1.50 bits per heavy atom. The summed E-state index contributed by atoms with van der Waals surface area (Å²) >= 11 is 0. The van der Waals surface area contributed by atoms with Crippen LogP contribution in [0.4, 0.5) is 0 Å². The van der Waals surface area contributed by atoms with Crippen molar-refractivity contribution in [3.05, 3.63) is 17.5 Å². The molecule has 1 aliphatic rings. The number of hydrogen-bond donors (Lipinski definition) is 1. The molecule has 0 saturated carbocycles. The van der Waals surface area contributed by atoms with E-state index < -0.39 is 10.0 Å². The summed E-state index contributed by atoms with van der Waals surface area (Å²) < 4.78 is 25.1. The molecule has 0 saturated heterocycles. The third-order valence-corrected chi connectivity index (χ3v) is 4.61. The molecule has 0 fully saturated rings. The molecule has 14 heavy (non-hydrogen) atoms. The Hall–Kier alpha value is -0.880. The molecule has 1 N–H and O–H groups in total. The Labute approximate surface area is 83.2 Å². The largest absolute Gasteiger partial charge is 0.281 e. The lowest BCUT2D eigenvalue weighted by Crippen LogP contribution is -2.32. The maximum absolute atomic E-state index is 11.8. The topological polar surface area (TPSA) is 66.1 Å². The SMILES string of the molecule is CC(C)S(=O)(=O)N1Cc2cn[nH]c2C1. The predicted molar refractivity (Wildman–Crippen MR) is 51.9 cm³/mol. The van der Waals surface area contributed by atoms with Crippen molar-refractivity contribution in [1.82, 2.24) is 14.5 Å². The minimum atomic E-state index is -3.13. The molecule has 0 spiro atoms. The quantitative estimate of drug-likeness (QED) is 0.779. The highest BCUT2D eigenvalue weighted by molar-refractivity contribution is 7.89. The number of rotatable bonds is 2. The fourth-order valence-corrected chi connectivity index (χ4v) is 2.74. The normalized spacial score (nSPS) is 17.6. The lowest BCUT2D eigenvalue weighted by Gasteiger charge is -2.18. The van der Waals surface area contributed by atoms with Crippen LogP contribution in [0.25, 0.3) is 0 Å². The van der Waals surface area contributed by atoms with Crippen LogP contribution in [0.3, 0.4) is 0 Å². The zero-order valence-corrected chi connectivity index (χ0v) is 9.00. The first kappa shape index (κ1) is 9.67. The summed E-state index contributed by atoms with van der Waals surface area (Å²) in [6, 6.07) is 0. The summed E-state index contributed by atoms with van der Waals surface area (Å²) in [6.07, 6.45) is 1.69. The lowest BCUT2D eigenvalue weighted by atomic mass is 10.3. The van der Waals surface area contributed by atoms with Gasteiger partial charge in [-0.15, -0.1) is 0 Å². The van der Waals surface area contributed by atoms with Crippen molar-refractivity contribution in [1.29, 1.82) is 0 Å². The van der Waals surface area contributed by atoms with Crippen molar-refractivity contribution < 1.29 is 8.42 Å². The molecule has 1 aromatic heterocycles. The first-order valence-electron chi connectivity index (χ1n) is 4.52. The van der Waals surface area contributed by atoms with Crippen LogP contribution in [0.15, 0.2) is 6.20 Å². The summed E-state index contributed by atoms with van der Waals surface area (Å²) in [5, 5.41) is 6.30. The minimum absolute atomic E-state index is 0.362. The summed E-state index contributed by atoms with van der Waals surface area (Å²) in [6.45, 7) is 4.27. The molecule has 78 valence electrons. The second-order valence-corrected chi connectivity index (χ2v) is 6.22. The van der Waals surface area contributed by atoms with E-state index in [1.165, 1.54) is 4.31 Å². The molecule has 0 bridgehead atoms. The minimum Gasteiger partial charge on any atom is -0.281 e. The highest BCUT2D eigenvalue weighted by Crippen LogP contribution is 2.24. The third kappa shape index (κ3) is 1.34. The summed E-state index contributed by atoms with van der Waals surface area (Å²) in [4.78, 5) is 0. The Balaban J connectivity index is 2.24. The molecular weight excluding hydrogens is 202 g/mol. The first-order chi connectivity index (χ1) is 6.51. The van der Waals surface area contributed by atoms with Crippen molar-refractivity contribution in [2.75, 3.05) is 0 Å². The van der Waals surface area contributed by atoms with Gasteiger partial charge in [0.2, 0.25) is 10.0 Å². The summed E-state index contributed by atoms with van der Waals surface area (Å²) in [5.41, 5.74) is 1.89. The average Bonchev–Trinajstić information content (AvgIpc) is 2.60. The number of H-pyrrole nitrogens is 1. The Kier molecular flexibility index (Phi) is 2.11. The zero-order valence-electron chi connectivity index (χ0n) is 8.19.